The first-order chi connectivity index (χ1) is 12.0. The summed E-state index contributed by atoms with van der Waals surface area (Å²) in [5, 5.41) is 10.7. The zero-order valence-electron chi connectivity index (χ0n) is 15.7. The van der Waals surface area contributed by atoms with Gasteiger partial charge in [-0.15, -0.1) is 0 Å². The lowest BCUT2D eigenvalue weighted by Gasteiger charge is -2.31. The lowest BCUT2D eigenvalue weighted by molar-refractivity contribution is -0.120. The molecular weight excluding hydrogens is 312 g/mol. The van der Waals surface area contributed by atoms with Crippen LogP contribution in [0, 0.1) is 5.92 Å². The van der Waals surface area contributed by atoms with E-state index in [0.717, 1.165) is 49.7 Å². The van der Waals surface area contributed by atoms with Crippen molar-refractivity contribution in [3.63, 3.8) is 0 Å². The maximum absolute atomic E-state index is 11.0. The standard InChI is InChI=1S/C22H30O3/c1-5-6-7-8-17-12-20(24)22(21(13-17)25-14-23)19-11-16(4)9-10-18(19)15(2)3/h11-14,18-19,24H,2,5-10H2,1,3-4H3. The van der Waals surface area contributed by atoms with Crippen molar-refractivity contribution in [2.75, 3.05) is 0 Å². The smallest absolute Gasteiger partial charge is 0.298 e. The van der Waals surface area contributed by atoms with E-state index >= 15 is 0 Å². The van der Waals surface area contributed by atoms with Crippen molar-refractivity contribution in [2.24, 2.45) is 5.92 Å². The van der Waals surface area contributed by atoms with E-state index in [0.29, 0.717) is 17.8 Å². The van der Waals surface area contributed by atoms with Crippen LogP contribution in [0.1, 0.15) is 69.9 Å². The zero-order valence-corrected chi connectivity index (χ0v) is 15.7. The minimum atomic E-state index is -0.00843. The first-order valence-electron chi connectivity index (χ1n) is 9.26. The molecular formula is C22H30O3. The summed E-state index contributed by atoms with van der Waals surface area (Å²) in [6, 6.07) is 3.74. The molecule has 0 amide bonds. The van der Waals surface area contributed by atoms with Crippen molar-refractivity contribution in [3.05, 3.63) is 47.1 Å². The molecule has 0 fully saturated rings. The van der Waals surface area contributed by atoms with Gasteiger partial charge in [-0.1, -0.05) is 43.6 Å². The summed E-state index contributed by atoms with van der Waals surface area (Å²) < 4.78 is 5.28. The van der Waals surface area contributed by atoms with Crippen molar-refractivity contribution in [3.8, 4) is 11.5 Å². The van der Waals surface area contributed by atoms with Crippen molar-refractivity contribution in [1.29, 1.82) is 0 Å². The SMILES string of the molecule is C=C(C)C1CCC(C)=CC1c1c(O)cc(CCCCC)cc1OC=O. The summed E-state index contributed by atoms with van der Waals surface area (Å²) in [4.78, 5) is 11.0. The molecule has 0 radical (unpaired) electrons. The Bertz CT molecular complexity index is 657. The lowest BCUT2D eigenvalue weighted by Crippen LogP contribution is -2.18. The van der Waals surface area contributed by atoms with Gasteiger partial charge in [-0.05, 0) is 63.1 Å². The normalized spacial score (nSPS) is 20.0. The van der Waals surface area contributed by atoms with Gasteiger partial charge in [0.25, 0.3) is 6.47 Å². The molecule has 2 atom stereocenters. The maximum Gasteiger partial charge on any atom is 0.298 e. The van der Waals surface area contributed by atoms with E-state index in [1.165, 1.54) is 5.57 Å². The second-order valence-electron chi connectivity index (χ2n) is 7.23. The van der Waals surface area contributed by atoms with Crippen molar-refractivity contribution >= 4 is 6.47 Å². The Morgan fingerprint density at radius 2 is 2.16 bits per heavy atom. The van der Waals surface area contributed by atoms with Crippen molar-refractivity contribution < 1.29 is 14.6 Å². The quantitative estimate of drug-likeness (QED) is 0.376. The first-order valence-corrected chi connectivity index (χ1v) is 9.26. The third kappa shape index (κ3) is 4.75. The highest BCUT2D eigenvalue weighted by atomic mass is 16.5. The third-order valence-corrected chi connectivity index (χ3v) is 5.14. The Balaban J connectivity index is 2.45. The van der Waals surface area contributed by atoms with Crippen LogP contribution in [0.15, 0.2) is 35.9 Å². The fourth-order valence-corrected chi connectivity index (χ4v) is 3.78. The average Bonchev–Trinajstić information content (AvgIpc) is 2.55. The summed E-state index contributed by atoms with van der Waals surface area (Å²) in [7, 11) is 0. The number of hydrogen-bond acceptors (Lipinski definition) is 3. The number of rotatable bonds is 8. The van der Waals surface area contributed by atoms with E-state index < -0.39 is 0 Å². The molecule has 1 aromatic rings. The van der Waals surface area contributed by atoms with E-state index in [1.54, 1.807) is 0 Å². The second-order valence-corrected chi connectivity index (χ2v) is 7.23. The van der Waals surface area contributed by atoms with Crippen LogP contribution >= 0.6 is 0 Å². The molecule has 1 aromatic carbocycles. The van der Waals surface area contributed by atoms with Gasteiger partial charge in [0.2, 0.25) is 0 Å². The van der Waals surface area contributed by atoms with Crippen LogP contribution in [0.4, 0.5) is 0 Å². The Morgan fingerprint density at radius 1 is 1.40 bits per heavy atom. The largest absolute Gasteiger partial charge is 0.507 e. The zero-order chi connectivity index (χ0) is 18.4. The van der Waals surface area contributed by atoms with Gasteiger partial charge >= 0.3 is 0 Å². The molecule has 0 aliphatic heterocycles. The average molecular weight is 342 g/mol. The Morgan fingerprint density at radius 3 is 2.80 bits per heavy atom. The number of aromatic hydroxyl groups is 1. The highest BCUT2D eigenvalue weighted by Crippen LogP contribution is 2.46. The molecule has 0 aromatic heterocycles. The van der Waals surface area contributed by atoms with E-state index in [1.807, 2.05) is 19.1 Å². The summed E-state index contributed by atoms with van der Waals surface area (Å²) in [6.45, 7) is 10.9. The van der Waals surface area contributed by atoms with Gasteiger partial charge in [0, 0.05) is 11.5 Å². The highest BCUT2D eigenvalue weighted by Gasteiger charge is 2.30. The molecule has 0 spiro atoms. The minimum Gasteiger partial charge on any atom is -0.507 e. The molecule has 1 aliphatic rings. The number of unbranched alkanes of at least 4 members (excludes halogenated alkanes) is 2. The highest BCUT2D eigenvalue weighted by molar-refractivity contribution is 5.57. The van der Waals surface area contributed by atoms with Crippen LogP contribution in [0.25, 0.3) is 0 Å². The van der Waals surface area contributed by atoms with Gasteiger partial charge in [0.15, 0.2) is 0 Å². The molecule has 0 saturated heterocycles. The molecule has 1 aliphatic carbocycles. The molecule has 3 heteroatoms. The van der Waals surface area contributed by atoms with E-state index in [-0.39, 0.29) is 17.6 Å². The Labute approximate surface area is 151 Å². The summed E-state index contributed by atoms with van der Waals surface area (Å²) in [5.74, 6) is 0.928. The predicted molar refractivity (Wildman–Crippen MR) is 102 cm³/mol. The first kappa shape index (κ1) is 19.3. The molecule has 136 valence electrons. The second kappa shape index (κ2) is 8.89. The fourth-order valence-electron chi connectivity index (χ4n) is 3.78. The Kier molecular flexibility index (Phi) is 6.86. The van der Waals surface area contributed by atoms with Gasteiger partial charge < -0.3 is 9.84 Å². The number of phenolic OH excluding ortho intramolecular Hbond substituents is 1. The lowest BCUT2D eigenvalue weighted by atomic mass is 9.73. The fraction of sp³-hybridized carbons (Fsp3) is 0.500. The molecule has 0 bridgehead atoms. The minimum absolute atomic E-state index is 0.00843. The summed E-state index contributed by atoms with van der Waals surface area (Å²) >= 11 is 0. The summed E-state index contributed by atoms with van der Waals surface area (Å²) in [6.07, 6.45) is 8.45. The monoisotopic (exact) mass is 342 g/mol. The maximum atomic E-state index is 11.0. The molecule has 3 nitrogen and oxygen atoms in total. The van der Waals surface area contributed by atoms with Crippen LogP contribution in [0.2, 0.25) is 0 Å². The number of aryl methyl sites for hydroxylation is 1. The van der Waals surface area contributed by atoms with E-state index in [9.17, 15) is 9.90 Å². The molecule has 0 heterocycles. The number of phenols is 1. The van der Waals surface area contributed by atoms with Gasteiger partial charge in [-0.2, -0.15) is 0 Å². The van der Waals surface area contributed by atoms with Crippen LogP contribution < -0.4 is 4.74 Å². The van der Waals surface area contributed by atoms with E-state index in [2.05, 4.69) is 26.5 Å². The molecule has 25 heavy (non-hydrogen) atoms. The molecule has 2 rings (SSSR count). The number of benzene rings is 1. The van der Waals surface area contributed by atoms with Crippen molar-refractivity contribution in [1.82, 2.24) is 0 Å². The van der Waals surface area contributed by atoms with Gasteiger partial charge in [0.05, 0.1) is 0 Å². The van der Waals surface area contributed by atoms with Crippen LogP contribution in [0.3, 0.4) is 0 Å². The number of carbonyl (C=O) groups is 1. The molecule has 2 unspecified atom stereocenters. The molecule has 0 saturated carbocycles. The third-order valence-electron chi connectivity index (χ3n) is 5.14. The van der Waals surface area contributed by atoms with E-state index in [4.69, 9.17) is 4.74 Å². The van der Waals surface area contributed by atoms with Gasteiger partial charge in [-0.25, -0.2) is 0 Å². The number of carbonyl (C=O) groups excluding carboxylic acids is 1. The number of ether oxygens (including phenoxy) is 1. The predicted octanol–water partition coefficient (Wildman–Crippen LogP) is 5.68. The number of allylic oxidation sites excluding steroid dienone is 3. The topological polar surface area (TPSA) is 46.5 Å². The van der Waals surface area contributed by atoms with Crippen molar-refractivity contribution in [2.45, 2.75) is 65.2 Å². The molecule has 1 N–H and O–H groups in total. The van der Waals surface area contributed by atoms with Crippen LogP contribution in [0.5, 0.6) is 11.5 Å². The van der Waals surface area contributed by atoms with Crippen LogP contribution in [-0.2, 0) is 11.2 Å². The Hall–Kier alpha value is -2.03. The van der Waals surface area contributed by atoms with Gasteiger partial charge in [-0.3, -0.25) is 4.79 Å². The van der Waals surface area contributed by atoms with Crippen LogP contribution in [-0.4, -0.2) is 11.6 Å². The van der Waals surface area contributed by atoms with Gasteiger partial charge in [0.1, 0.15) is 11.5 Å². The summed E-state index contributed by atoms with van der Waals surface area (Å²) in [5.41, 5.74) is 4.11. The number of hydrogen-bond donors (Lipinski definition) is 1.